The van der Waals surface area contributed by atoms with Crippen molar-refractivity contribution in [2.45, 2.75) is 6.42 Å². The number of aromatic nitrogens is 1. The molecule has 0 bridgehead atoms. The van der Waals surface area contributed by atoms with Gasteiger partial charge in [-0.2, -0.15) is 0 Å². The summed E-state index contributed by atoms with van der Waals surface area (Å²) in [5, 5.41) is 8.57. The van der Waals surface area contributed by atoms with Crippen molar-refractivity contribution in [1.82, 2.24) is 4.98 Å². The summed E-state index contributed by atoms with van der Waals surface area (Å²) >= 11 is 0. The van der Waals surface area contributed by atoms with Crippen molar-refractivity contribution in [3.8, 4) is 11.3 Å². The van der Waals surface area contributed by atoms with Crippen molar-refractivity contribution in [3.63, 3.8) is 0 Å². The Labute approximate surface area is 94.9 Å². The Kier molecular flexibility index (Phi) is 3.34. The molecule has 0 saturated carbocycles. The molecule has 0 amide bonds. The molecule has 0 aliphatic rings. The van der Waals surface area contributed by atoms with Crippen LogP contribution in [-0.2, 0) is 6.42 Å². The van der Waals surface area contributed by atoms with E-state index < -0.39 is 0 Å². The van der Waals surface area contributed by atoms with E-state index in [9.17, 15) is 0 Å². The molecule has 0 radical (unpaired) electrons. The number of benzene rings is 1. The number of hydrogen-bond donors (Lipinski definition) is 1. The normalized spacial score (nSPS) is 10.8. The van der Waals surface area contributed by atoms with Gasteiger partial charge in [-0.15, -0.1) is 0 Å². The number of aliphatic hydroxyl groups excluding tert-OH is 1. The van der Waals surface area contributed by atoms with Crippen molar-refractivity contribution in [1.29, 1.82) is 0 Å². The molecular formula is C14H13NO. The van der Waals surface area contributed by atoms with E-state index in [4.69, 9.17) is 5.11 Å². The molecule has 1 aromatic heterocycles. The van der Waals surface area contributed by atoms with E-state index in [1.54, 1.807) is 12.3 Å². The third kappa shape index (κ3) is 2.48. The second-order valence-corrected chi connectivity index (χ2v) is 3.50. The fourth-order valence-electron chi connectivity index (χ4n) is 1.53. The van der Waals surface area contributed by atoms with Gasteiger partial charge in [-0.3, -0.25) is 4.98 Å². The van der Waals surface area contributed by atoms with Gasteiger partial charge in [0.1, 0.15) is 0 Å². The Hall–Kier alpha value is -2.09. The number of rotatable bonds is 3. The SMILES string of the molecule is O/C=C/Cc1ccc(-c2ccccn2)cc1. The van der Waals surface area contributed by atoms with Crippen molar-refractivity contribution >= 4 is 0 Å². The molecule has 16 heavy (non-hydrogen) atoms. The van der Waals surface area contributed by atoms with Gasteiger partial charge in [0.25, 0.3) is 0 Å². The third-order valence-electron chi connectivity index (χ3n) is 2.37. The molecule has 0 saturated heterocycles. The van der Waals surface area contributed by atoms with Gasteiger partial charge in [-0.05, 0) is 30.2 Å². The van der Waals surface area contributed by atoms with Crippen LogP contribution in [0.1, 0.15) is 5.56 Å². The highest BCUT2D eigenvalue weighted by Gasteiger charge is 1.97. The monoisotopic (exact) mass is 211 g/mol. The second kappa shape index (κ2) is 5.12. The molecule has 1 N–H and O–H groups in total. The predicted molar refractivity (Wildman–Crippen MR) is 65.1 cm³/mol. The fraction of sp³-hybridized carbons (Fsp3) is 0.0714. The zero-order valence-corrected chi connectivity index (χ0v) is 8.88. The van der Waals surface area contributed by atoms with Crippen molar-refractivity contribution in [2.75, 3.05) is 0 Å². The quantitative estimate of drug-likeness (QED) is 0.789. The molecule has 1 heterocycles. The lowest BCUT2D eigenvalue weighted by Gasteiger charge is -2.01. The maximum absolute atomic E-state index is 8.57. The van der Waals surface area contributed by atoms with Crippen molar-refractivity contribution < 1.29 is 5.11 Å². The summed E-state index contributed by atoms with van der Waals surface area (Å²) in [6.07, 6.45) is 5.33. The van der Waals surface area contributed by atoms with Gasteiger partial charge >= 0.3 is 0 Å². The van der Waals surface area contributed by atoms with Crippen LogP contribution in [0.3, 0.4) is 0 Å². The van der Waals surface area contributed by atoms with Crippen molar-refractivity contribution in [2.24, 2.45) is 0 Å². The molecule has 0 fully saturated rings. The van der Waals surface area contributed by atoms with E-state index in [-0.39, 0.29) is 0 Å². The van der Waals surface area contributed by atoms with Crippen LogP contribution in [0.25, 0.3) is 11.3 Å². The number of nitrogens with zero attached hydrogens (tertiary/aromatic N) is 1. The molecular weight excluding hydrogens is 198 g/mol. The molecule has 0 aliphatic carbocycles. The van der Waals surface area contributed by atoms with Gasteiger partial charge in [-0.25, -0.2) is 0 Å². The van der Waals surface area contributed by atoms with Gasteiger partial charge in [0.05, 0.1) is 12.0 Å². The minimum absolute atomic E-state index is 0.749. The minimum atomic E-state index is 0.749. The second-order valence-electron chi connectivity index (χ2n) is 3.50. The van der Waals surface area contributed by atoms with E-state index in [1.165, 1.54) is 5.56 Å². The third-order valence-corrected chi connectivity index (χ3v) is 2.37. The van der Waals surface area contributed by atoms with Crippen molar-refractivity contribution in [3.05, 3.63) is 66.6 Å². The Morgan fingerprint density at radius 3 is 2.50 bits per heavy atom. The predicted octanol–water partition coefficient (Wildman–Crippen LogP) is 3.36. The Balaban J connectivity index is 2.20. The maximum atomic E-state index is 8.57. The lowest BCUT2D eigenvalue weighted by atomic mass is 10.1. The first-order chi connectivity index (χ1) is 7.90. The van der Waals surface area contributed by atoms with Gasteiger partial charge in [0.15, 0.2) is 0 Å². The summed E-state index contributed by atoms with van der Waals surface area (Å²) < 4.78 is 0. The highest BCUT2D eigenvalue weighted by molar-refractivity contribution is 5.59. The van der Waals surface area contributed by atoms with Crippen LogP contribution in [-0.4, -0.2) is 10.1 Å². The lowest BCUT2D eigenvalue weighted by molar-refractivity contribution is 0.471. The summed E-state index contributed by atoms with van der Waals surface area (Å²) in [5.41, 5.74) is 3.26. The summed E-state index contributed by atoms with van der Waals surface area (Å²) in [6, 6.07) is 14.1. The van der Waals surface area contributed by atoms with Gasteiger partial charge < -0.3 is 5.11 Å². The van der Waals surface area contributed by atoms with Crippen LogP contribution in [0.5, 0.6) is 0 Å². The number of pyridine rings is 1. The first-order valence-corrected chi connectivity index (χ1v) is 5.20. The van der Waals surface area contributed by atoms with Crippen LogP contribution >= 0.6 is 0 Å². The molecule has 0 atom stereocenters. The van der Waals surface area contributed by atoms with E-state index in [0.717, 1.165) is 23.9 Å². The summed E-state index contributed by atoms with van der Waals surface area (Å²) in [6.45, 7) is 0. The molecule has 0 spiro atoms. The molecule has 2 aromatic rings. The average Bonchev–Trinajstić information content (AvgIpc) is 2.38. The number of hydrogen-bond acceptors (Lipinski definition) is 2. The van der Waals surface area contributed by atoms with E-state index in [2.05, 4.69) is 4.98 Å². The summed E-state index contributed by atoms with van der Waals surface area (Å²) in [5.74, 6) is 0. The van der Waals surface area contributed by atoms with E-state index in [1.807, 2.05) is 42.5 Å². The Bertz CT molecular complexity index is 460. The highest BCUT2D eigenvalue weighted by atomic mass is 16.2. The average molecular weight is 211 g/mol. The van der Waals surface area contributed by atoms with Gasteiger partial charge in [0, 0.05) is 11.8 Å². The molecule has 0 unspecified atom stereocenters. The van der Waals surface area contributed by atoms with E-state index in [0.29, 0.717) is 0 Å². The Morgan fingerprint density at radius 2 is 1.88 bits per heavy atom. The number of allylic oxidation sites excluding steroid dienone is 1. The van der Waals surface area contributed by atoms with Gasteiger partial charge in [-0.1, -0.05) is 30.3 Å². The summed E-state index contributed by atoms with van der Waals surface area (Å²) in [7, 11) is 0. The lowest BCUT2D eigenvalue weighted by Crippen LogP contribution is -1.84. The van der Waals surface area contributed by atoms with Crippen LogP contribution in [0, 0.1) is 0 Å². The zero-order chi connectivity index (χ0) is 11.2. The molecule has 1 aromatic carbocycles. The standard InChI is InChI=1S/C14H13NO/c16-11-3-4-12-6-8-13(9-7-12)14-5-1-2-10-15-14/h1-3,5-11,16H,4H2/b11-3+. The molecule has 0 aliphatic heterocycles. The van der Waals surface area contributed by atoms with Gasteiger partial charge in [0.2, 0.25) is 0 Å². The first-order valence-electron chi connectivity index (χ1n) is 5.20. The molecule has 2 rings (SSSR count). The zero-order valence-electron chi connectivity index (χ0n) is 8.88. The van der Waals surface area contributed by atoms with Crippen LogP contribution in [0.2, 0.25) is 0 Å². The minimum Gasteiger partial charge on any atom is -0.516 e. The molecule has 2 nitrogen and oxygen atoms in total. The first kappa shape index (κ1) is 10.4. The topological polar surface area (TPSA) is 33.1 Å². The summed E-state index contributed by atoms with van der Waals surface area (Å²) in [4.78, 5) is 4.29. The largest absolute Gasteiger partial charge is 0.516 e. The van der Waals surface area contributed by atoms with Crippen LogP contribution in [0.4, 0.5) is 0 Å². The maximum Gasteiger partial charge on any atom is 0.0755 e. The number of aliphatic hydroxyl groups is 1. The fourth-order valence-corrected chi connectivity index (χ4v) is 1.53. The molecule has 80 valence electrons. The van der Waals surface area contributed by atoms with Crippen LogP contribution in [0.15, 0.2) is 61.0 Å². The van der Waals surface area contributed by atoms with E-state index >= 15 is 0 Å². The van der Waals surface area contributed by atoms with Crippen LogP contribution < -0.4 is 0 Å². The highest BCUT2D eigenvalue weighted by Crippen LogP contribution is 2.16. The Morgan fingerprint density at radius 1 is 1.06 bits per heavy atom. The molecule has 2 heteroatoms. The smallest absolute Gasteiger partial charge is 0.0755 e.